The molecule has 8 heteroatoms. The second-order valence-electron chi connectivity index (χ2n) is 4.45. The highest BCUT2D eigenvalue weighted by atomic mass is 16.6. The van der Waals surface area contributed by atoms with Crippen LogP contribution in [0.1, 0.15) is 5.56 Å². The van der Waals surface area contributed by atoms with Crippen LogP contribution in [0.3, 0.4) is 0 Å². The molecule has 1 heterocycles. The van der Waals surface area contributed by atoms with Gasteiger partial charge in [0.25, 0.3) is 0 Å². The first kappa shape index (κ1) is 14.5. The van der Waals surface area contributed by atoms with E-state index in [2.05, 4.69) is 15.3 Å². The number of nitrogen functional groups attached to an aromatic ring is 1. The minimum Gasteiger partial charge on any atom is -0.378 e. The van der Waals surface area contributed by atoms with E-state index in [1.54, 1.807) is 19.0 Å². The highest BCUT2D eigenvalue weighted by Gasteiger charge is 2.23. The van der Waals surface area contributed by atoms with Crippen molar-refractivity contribution in [3.05, 3.63) is 46.0 Å². The molecule has 110 valence electrons. The maximum absolute atomic E-state index is 11.0. The molecular formula is C13H16N6O2. The minimum absolute atomic E-state index is 0.0995. The third-order valence-corrected chi connectivity index (χ3v) is 2.92. The van der Waals surface area contributed by atoms with Gasteiger partial charge in [0.2, 0.25) is 17.6 Å². The maximum atomic E-state index is 11.0. The molecule has 0 aliphatic carbocycles. The molecule has 0 bridgehead atoms. The quantitative estimate of drug-likeness (QED) is 0.635. The van der Waals surface area contributed by atoms with Gasteiger partial charge < -0.3 is 16.0 Å². The first-order valence-corrected chi connectivity index (χ1v) is 6.27. The number of hydrogen-bond donors (Lipinski definition) is 2. The van der Waals surface area contributed by atoms with Crippen molar-refractivity contribution in [1.82, 2.24) is 9.97 Å². The number of anilines is 3. The lowest BCUT2D eigenvalue weighted by atomic mass is 10.2. The summed E-state index contributed by atoms with van der Waals surface area (Å²) in [7, 11) is 3.35. The van der Waals surface area contributed by atoms with Crippen molar-refractivity contribution in [3.8, 4) is 0 Å². The number of nitrogens with one attached hydrogen (secondary N) is 1. The molecule has 21 heavy (non-hydrogen) atoms. The lowest BCUT2D eigenvalue weighted by Gasteiger charge is -2.18. The summed E-state index contributed by atoms with van der Waals surface area (Å²) in [5.74, 6) is 0.267. The van der Waals surface area contributed by atoms with Gasteiger partial charge in [-0.3, -0.25) is 10.1 Å². The van der Waals surface area contributed by atoms with E-state index < -0.39 is 4.92 Å². The van der Waals surface area contributed by atoms with Crippen LogP contribution in [0.2, 0.25) is 0 Å². The topological polar surface area (TPSA) is 110 Å². The molecule has 1 aromatic heterocycles. The van der Waals surface area contributed by atoms with E-state index in [0.29, 0.717) is 12.5 Å². The van der Waals surface area contributed by atoms with Gasteiger partial charge in [0, 0.05) is 20.6 Å². The lowest BCUT2D eigenvalue weighted by molar-refractivity contribution is -0.383. The Bertz CT molecular complexity index is 647. The Labute approximate surface area is 121 Å². The SMILES string of the molecule is CNc1nc(N(C)Cc2ccccc2)nc(N)c1[N+](=O)[O-]. The smallest absolute Gasteiger partial charge is 0.353 e. The van der Waals surface area contributed by atoms with Crippen molar-refractivity contribution in [2.75, 3.05) is 30.0 Å². The maximum Gasteiger partial charge on any atom is 0.353 e. The average molecular weight is 288 g/mol. The summed E-state index contributed by atoms with van der Waals surface area (Å²) < 4.78 is 0. The van der Waals surface area contributed by atoms with E-state index in [4.69, 9.17) is 5.73 Å². The van der Waals surface area contributed by atoms with Crippen LogP contribution in [0.5, 0.6) is 0 Å². The molecule has 0 aliphatic rings. The highest BCUT2D eigenvalue weighted by molar-refractivity contribution is 5.69. The third kappa shape index (κ3) is 3.16. The van der Waals surface area contributed by atoms with Gasteiger partial charge in [-0.15, -0.1) is 0 Å². The van der Waals surface area contributed by atoms with Crippen LogP contribution in [0.15, 0.2) is 30.3 Å². The second-order valence-corrected chi connectivity index (χ2v) is 4.45. The van der Waals surface area contributed by atoms with E-state index in [0.717, 1.165) is 5.56 Å². The fourth-order valence-electron chi connectivity index (χ4n) is 1.91. The molecule has 3 N–H and O–H groups in total. The predicted octanol–water partition coefficient (Wildman–Crippen LogP) is 1.65. The van der Waals surface area contributed by atoms with Gasteiger partial charge in [0.1, 0.15) is 0 Å². The molecule has 0 saturated carbocycles. The molecular weight excluding hydrogens is 272 g/mol. The van der Waals surface area contributed by atoms with Crippen LogP contribution in [-0.2, 0) is 6.54 Å². The van der Waals surface area contributed by atoms with E-state index in [1.165, 1.54) is 0 Å². The van der Waals surface area contributed by atoms with Crippen LogP contribution in [0, 0.1) is 10.1 Å². The molecule has 1 aromatic carbocycles. The van der Waals surface area contributed by atoms with Crippen molar-refractivity contribution < 1.29 is 4.92 Å². The Balaban J connectivity index is 2.32. The number of rotatable bonds is 5. The van der Waals surface area contributed by atoms with Crippen molar-refractivity contribution in [1.29, 1.82) is 0 Å². The van der Waals surface area contributed by atoms with Crippen LogP contribution in [0.25, 0.3) is 0 Å². The van der Waals surface area contributed by atoms with Gasteiger partial charge in [0.05, 0.1) is 4.92 Å². The normalized spacial score (nSPS) is 10.2. The molecule has 8 nitrogen and oxygen atoms in total. The standard InChI is InChI=1S/C13H16N6O2/c1-15-12-10(19(20)21)11(14)16-13(17-12)18(2)8-9-6-4-3-5-7-9/h3-7H,8H2,1-2H3,(H3,14,15,16,17). The predicted molar refractivity (Wildman–Crippen MR) is 81.2 cm³/mol. The fraction of sp³-hybridized carbons (Fsp3) is 0.231. The number of aromatic nitrogens is 2. The first-order chi connectivity index (χ1) is 10.0. The van der Waals surface area contributed by atoms with Gasteiger partial charge in [-0.05, 0) is 5.56 Å². The number of benzene rings is 1. The third-order valence-electron chi connectivity index (χ3n) is 2.92. The molecule has 0 unspecified atom stereocenters. The van der Waals surface area contributed by atoms with Crippen LogP contribution in [0.4, 0.5) is 23.3 Å². The Morgan fingerprint density at radius 3 is 2.57 bits per heavy atom. The minimum atomic E-state index is -0.595. The highest BCUT2D eigenvalue weighted by Crippen LogP contribution is 2.29. The molecule has 2 rings (SSSR count). The zero-order chi connectivity index (χ0) is 15.4. The Kier molecular flexibility index (Phi) is 4.17. The molecule has 2 aromatic rings. The monoisotopic (exact) mass is 288 g/mol. The van der Waals surface area contributed by atoms with Gasteiger partial charge in [0.15, 0.2) is 0 Å². The van der Waals surface area contributed by atoms with Crippen molar-refractivity contribution in [3.63, 3.8) is 0 Å². The number of nitro groups is 1. The first-order valence-electron chi connectivity index (χ1n) is 6.27. The van der Waals surface area contributed by atoms with Gasteiger partial charge >= 0.3 is 5.69 Å². The molecule has 0 amide bonds. The summed E-state index contributed by atoms with van der Waals surface area (Å²) >= 11 is 0. The van der Waals surface area contributed by atoms with Crippen LogP contribution < -0.4 is 16.0 Å². The van der Waals surface area contributed by atoms with Gasteiger partial charge in [-0.25, -0.2) is 0 Å². The fourth-order valence-corrected chi connectivity index (χ4v) is 1.91. The number of hydrogen-bond acceptors (Lipinski definition) is 7. The zero-order valence-corrected chi connectivity index (χ0v) is 11.8. The molecule has 0 saturated heterocycles. The molecule has 0 spiro atoms. The van der Waals surface area contributed by atoms with E-state index >= 15 is 0 Å². The number of nitrogens with zero attached hydrogens (tertiary/aromatic N) is 4. The Morgan fingerprint density at radius 2 is 2.00 bits per heavy atom. The van der Waals surface area contributed by atoms with Crippen molar-refractivity contribution in [2.45, 2.75) is 6.54 Å². The van der Waals surface area contributed by atoms with Crippen molar-refractivity contribution in [2.24, 2.45) is 0 Å². The lowest BCUT2D eigenvalue weighted by Crippen LogP contribution is -2.20. The van der Waals surface area contributed by atoms with E-state index in [-0.39, 0.29) is 17.3 Å². The second kappa shape index (κ2) is 6.04. The molecule has 0 fully saturated rings. The summed E-state index contributed by atoms with van der Waals surface area (Å²) in [6, 6.07) is 9.76. The Hall–Kier alpha value is -2.90. The summed E-state index contributed by atoms with van der Waals surface area (Å²) in [6.07, 6.45) is 0. The van der Waals surface area contributed by atoms with Crippen molar-refractivity contribution >= 4 is 23.3 Å². The largest absolute Gasteiger partial charge is 0.378 e. The average Bonchev–Trinajstić information content (AvgIpc) is 2.46. The Morgan fingerprint density at radius 1 is 1.33 bits per heavy atom. The number of nitrogens with two attached hydrogens (primary N) is 1. The summed E-state index contributed by atoms with van der Waals surface area (Å²) in [5.41, 5.74) is 6.44. The van der Waals surface area contributed by atoms with E-state index in [9.17, 15) is 10.1 Å². The van der Waals surface area contributed by atoms with Crippen LogP contribution in [-0.4, -0.2) is 29.0 Å². The molecule has 0 radical (unpaired) electrons. The van der Waals surface area contributed by atoms with Gasteiger partial charge in [-0.2, -0.15) is 9.97 Å². The van der Waals surface area contributed by atoms with E-state index in [1.807, 2.05) is 30.3 Å². The van der Waals surface area contributed by atoms with Crippen LogP contribution >= 0.6 is 0 Å². The van der Waals surface area contributed by atoms with Gasteiger partial charge in [-0.1, -0.05) is 30.3 Å². The molecule has 0 atom stereocenters. The molecule has 0 aliphatic heterocycles. The zero-order valence-electron chi connectivity index (χ0n) is 11.8. The summed E-state index contributed by atoms with van der Waals surface area (Å²) in [5, 5.41) is 13.6. The summed E-state index contributed by atoms with van der Waals surface area (Å²) in [6.45, 7) is 0.571. The summed E-state index contributed by atoms with van der Waals surface area (Å²) in [4.78, 5) is 20.3.